The fraction of sp³-hybridized carbons (Fsp3) is 0.462. The average Bonchev–Trinajstić information content (AvgIpc) is 2.29. The summed E-state index contributed by atoms with van der Waals surface area (Å²) in [5.74, 6) is -0.477. The zero-order chi connectivity index (χ0) is 15.3. The highest BCUT2D eigenvalue weighted by Crippen LogP contribution is 2.09. The number of amides is 2. The highest BCUT2D eigenvalue weighted by atomic mass is 16.6. The third-order valence-corrected chi connectivity index (χ3v) is 2.18. The van der Waals surface area contributed by atoms with Crippen LogP contribution >= 0.6 is 0 Å². The normalized spacial score (nSPS) is 10.8. The van der Waals surface area contributed by atoms with Crippen molar-refractivity contribution in [1.82, 2.24) is 9.88 Å². The van der Waals surface area contributed by atoms with E-state index in [1.807, 2.05) is 0 Å². The SMILES string of the molecule is CN(CC(=O)Nc1ccc[nH]c1=O)C(=O)OC(C)(C)C. The minimum Gasteiger partial charge on any atom is -0.444 e. The van der Waals surface area contributed by atoms with Gasteiger partial charge in [0, 0.05) is 13.2 Å². The molecule has 7 nitrogen and oxygen atoms in total. The van der Waals surface area contributed by atoms with Crippen molar-refractivity contribution < 1.29 is 14.3 Å². The van der Waals surface area contributed by atoms with E-state index in [1.54, 1.807) is 26.8 Å². The van der Waals surface area contributed by atoms with Gasteiger partial charge in [-0.1, -0.05) is 0 Å². The molecular weight excluding hydrogens is 262 g/mol. The van der Waals surface area contributed by atoms with Gasteiger partial charge in [-0.05, 0) is 32.9 Å². The van der Waals surface area contributed by atoms with E-state index in [0.29, 0.717) is 0 Å². The standard InChI is InChI=1S/C13H19N3O4/c1-13(2,3)20-12(19)16(4)8-10(17)15-9-6-5-7-14-11(9)18/h5-7H,8H2,1-4H3,(H,14,18)(H,15,17). The first-order valence-corrected chi connectivity index (χ1v) is 6.11. The maximum absolute atomic E-state index is 11.7. The maximum atomic E-state index is 11.7. The van der Waals surface area contributed by atoms with Gasteiger partial charge < -0.3 is 19.9 Å². The number of aromatic nitrogens is 1. The van der Waals surface area contributed by atoms with E-state index in [2.05, 4.69) is 10.3 Å². The van der Waals surface area contributed by atoms with Gasteiger partial charge >= 0.3 is 6.09 Å². The Morgan fingerprint density at radius 1 is 1.40 bits per heavy atom. The first kappa shape index (κ1) is 15.7. The number of ether oxygens (including phenoxy) is 1. The zero-order valence-electron chi connectivity index (χ0n) is 12.0. The van der Waals surface area contributed by atoms with Gasteiger partial charge in [0.25, 0.3) is 5.56 Å². The maximum Gasteiger partial charge on any atom is 0.410 e. The molecule has 0 aliphatic rings. The van der Waals surface area contributed by atoms with Crippen molar-refractivity contribution in [2.75, 3.05) is 18.9 Å². The highest BCUT2D eigenvalue weighted by molar-refractivity contribution is 5.93. The molecule has 20 heavy (non-hydrogen) atoms. The molecule has 1 aromatic heterocycles. The number of nitrogens with zero attached hydrogens (tertiary/aromatic N) is 1. The fourth-order valence-corrected chi connectivity index (χ4v) is 1.33. The summed E-state index contributed by atoms with van der Waals surface area (Å²) in [5.41, 5.74) is -0.894. The Hall–Kier alpha value is -2.31. The molecule has 1 heterocycles. The monoisotopic (exact) mass is 281 g/mol. The summed E-state index contributed by atoms with van der Waals surface area (Å²) in [4.78, 5) is 38.4. The van der Waals surface area contributed by atoms with E-state index in [1.165, 1.54) is 19.3 Å². The molecule has 0 aliphatic heterocycles. The molecule has 2 N–H and O–H groups in total. The van der Waals surface area contributed by atoms with Gasteiger partial charge in [-0.25, -0.2) is 4.79 Å². The van der Waals surface area contributed by atoms with Crippen LogP contribution in [-0.4, -0.2) is 41.1 Å². The number of rotatable bonds is 3. The van der Waals surface area contributed by atoms with Gasteiger partial charge in [-0.15, -0.1) is 0 Å². The van der Waals surface area contributed by atoms with Crippen molar-refractivity contribution in [3.8, 4) is 0 Å². The molecule has 0 radical (unpaired) electrons. The van der Waals surface area contributed by atoms with Crippen LogP contribution in [0.5, 0.6) is 0 Å². The van der Waals surface area contributed by atoms with Crippen molar-refractivity contribution in [2.45, 2.75) is 26.4 Å². The minimum absolute atomic E-state index is 0.134. The van der Waals surface area contributed by atoms with E-state index in [9.17, 15) is 14.4 Å². The van der Waals surface area contributed by atoms with E-state index in [0.717, 1.165) is 4.90 Å². The molecule has 0 saturated heterocycles. The van der Waals surface area contributed by atoms with Crippen LogP contribution in [0.15, 0.2) is 23.1 Å². The Kier molecular flexibility index (Phi) is 4.90. The van der Waals surface area contributed by atoms with Gasteiger partial charge in [-0.2, -0.15) is 0 Å². The van der Waals surface area contributed by atoms with Crippen LogP contribution in [0.2, 0.25) is 0 Å². The predicted octanol–water partition coefficient (Wildman–Crippen LogP) is 1.18. The van der Waals surface area contributed by atoms with Crippen molar-refractivity contribution in [3.63, 3.8) is 0 Å². The van der Waals surface area contributed by atoms with Gasteiger partial charge in [0.15, 0.2) is 0 Å². The fourth-order valence-electron chi connectivity index (χ4n) is 1.33. The third-order valence-electron chi connectivity index (χ3n) is 2.18. The summed E-state index contributed by atoms with van der Waals surface area (Å²) in [6, 6.07) is 3.07. The Morgan fingerprint density at radius 2 is 2.05 bits per heavy atom. The first-order valence-electron chi connectivity index (χ1n) is 6.11. The average molecular weight is 281 g/mol. The molecular formula is C13H19N3O4. The summed E-state index contributed by atoms with van der Waals surface area (Å²) in [6.45, 7) is 5.01. The van der Waals surface area contributed by atoms with Gasteiger partial charge in [-0.3, -0.25) is 9.59 Å². The summed E-state index contributed by atoms with van der Waals surface area (Å²) < 4.78 is 5.11. The second-order valence-electron chi connectivity index (χ2n) is 5.30. The molecule has 0 bridgehead atoms. The topological polar surface area (TPSA) is 91.5 Å². The van der Waals surface area contributed by atoms with Crippen LogP contribution < -0.4 is 10.9 Å². The molecule has 7 heteroatoms. The lowest BCUT2D eigenvalue weighted by atomic mass is 10.2. The number of likely N-dealkylation sites (N-methyl/N-ethyl adjacent to an activating group) is 1. The van der Waals surface area contributed by atoms with E-state index in [-0.39, 0.29) is 12.2 Å². The van der Waals surface area contributed by atoms with Crippen molar-refractivity contribution in [2.24, 2.45) is 0 Å². The Morgan fingerprint density at radius 3 is 2.60 bits per heavy atom. The Balaban J connectivity index is 2.56. The molecule has 0 aromatic carbocycles. The molecule has 0 atom stereocenters. The molecule has 110 valence electrons. The quantitative estimate of drug-likeness (QED) is 0.870. The molecule has 0 unspecified atom stereocenters. The molecule has 0 fully saturated rings. The van der Waals surface area contributed by atoms with E-state index >= 15 is 0 Å². The van der Waals surface area contributed by atoms with Crippen LogP contribution in [0.4, 0.5) is 10.5 Å². The summed E-state index contributed by atoms with van der Waals surface area (Å²) in [5, 5.41) is 2.43. The van der Waals surface area contributed by atoms with Crippen molar-refractivity contribution in [1.29, 1.82) is 0 Å². The van der Waals surface area contributed by atoms with Gasteiger partial charge in [0.1, 0.15) is 17.8 Å². The largest absolute Gasteiger partial charge is 0.444 e. The van der Waals surface area contributed by atoms with Crippen LogP contribution in [0, 0.1) is 0 Å². The van der Waals surface area contributed by atoms with Crippen LogP contribution in [-0.2, 0) is 9.53 Å². The number of H-pyrrole nitrogens is 1. The lowest BCUT2D eigenvalue weighted by Gasteiger charge is -2.24. The van der Waals surface area contributed by atoms with Crippen LogP contribution in [0.25, 0.3) is 0 Å². The predicted molar refractivity (Wildman–Crippen MR) is 74.6 cm³/mol. The zero-order valence-corrected chi connectivity index (χ0v) is 12.0. The van der Waals surface area contributed by atoms with Crippen molar-refractivity contribution >= 4 is 17.7 Å². The minimum atomic E-state index is -0.627. The van der Waals surface area contributed by atoms with Crippen LogP contribution in [0.3, 0.4) is 0 Å². The third kappa shape index (κ3) is 5.13. The lowest BCUT2D eigenvalue weighted by Crippen LogP contribution is -2.39. The number of carbonyl (C=O) groups is 2. The number of nitrogens with one attached hydrogen (secondary N) is 2. The molecule has 1 rings (SSSR count). The van der Waals surface area contributed by atoms with Gasteiger partial charge in [0.05, 0.1) is 0 Å². The molecule has 2 amide bonds. The highest BCUT2D eigenvalue weighted by Gasteiger charge is 2.21. The Bertz CT molecular complexity index is 545. The van der Waals surface area contributed by atoms with E-state index < -0.39 is 23.2 Å². The summed E-state index contributed by atoms with van der Waals surface area (Å²) >= 11 is 0. The van der Waals surface area contributed by atoms with Crippen molar-refractivity contribution in [3.05, 3.63) is 28.7 Å². The number of aromatic amines is 1. The molecule has 0 aliphatic carbocycles. The Labute approximate surface area is 116 Å². The van der Waals surface area contributed by atoms with E-state index in [4.69, 9.17) is 4.74 Å². The second kappa shape index (κ2) is 6.23. The smallest absolute Gasteiger partial charge is 0.410 e. The number of hydrogen-bond acceptors (Lipinski definition) is 4. The lowest BCUT2D eigenvalue weighted by molar-refractivity contribution is -0.117. The number of carbonyl (C=O) groups excluding carboxylic acids is 2. The number of hydrogen-bond donors (Lipinski definition) is 2. The second-order valence-corrected chi connectivity index (χ2v) is 5.30. The number of anilines is 1. The molecule has 0 saturated carbocycles. The first-order chi connectivity index (χ1) is 9.19. The summed E-state index contributed by atoms with van der Waals surface area (Å²) in [7, 11) is 1.45. The summed E-state index contributed by atoms with van der Waals surface area (Å²) in [6.07, 6.45) is 0.861. The molecule has 0 spiro atoms. The van der Waals surface area contributed by atoms with Gasteiger partial charge in [0.2, 0.25) is 5.91 Å². The molecule has 1 aromatic rings. The van der Waals surface area contributed by atoms with Crippen LogP contribution in [0.1, 0.15) is 20.8 Å². The number of pyridine rings is 1.